The number of hydrogen-bond acceptors (Lipinski definition) is 5. The van der Waals surface area contributed by atoms with Crippen LogP contribution in [-0.4, -0.2) is 27.7 Å². The van der Waals surface area contributed by atoms with Gasteiger partial charge in [-0.05, 0) is 47.9 Å². The quantitative estimate of drug-likeness (QED) is 0.574. The number of nitrogens with one attached hydrogen (secondary N) is 1. The molecular formula is C26H23N3O4. The Morgan fingerprint density at radius 2 is 1.76 bits per heavy atom. The molecule has 1 unspecified atom stereocenters. The first-order valence-corrected chi connectivity index (χ1v) is 10.6. The fourth-order valence-corrected chi connectivity index (χ4v) is 3.99. The number of nitrogens with zero attached hydrogens (tertiary/aromatic N) is 2. The summed E-state index contributed by atoms with van der Waals surface area (Å²) >= 11 is 0. The summed E-state index contributed by atoms with van der Waals surface area (Å²) in [5.41, 5.74) is 2.66. The number of aliphatic hydroxyl groups excluding tert-OH is 1. The monoisotopic (exact) mass is 441 g/mol. The lowest BCUT2D eigenvalue weighted by Gasteiger charge is -2.27. The van der Waals surface area contributed by atoms with E-state index in [9.17, 15) is 19.5 Å². The summed E-state index contributed by atoms with van der Waals surface area (Å²) in [7, 11) is 0. The van der Waals surface area contributed by atoms with E-state index in [1.54, 1.807) is 48.8 Å². The van der Waals surface area contributed by atoms with Crippen LogP contribution in [0.15, 0.2) is 90.5 Å². The number of ketones is 1. The minimum Gasteiger partial charge on any atom is -0.503 e. The lowest BCUT2D eigenvalue weighted by molar-refractivity contribution is -0.118. The van der Waals surface area contributed by atoms with Crippen LogP contribution in [0.1, 0.15) is 30.5 Å². The zero-order valence-corrected chi connectivity index (χ0v) is 18.1. The topological polar surface area (TPSA) is 99.6 Å². The predicted molar refractivity (Wildman–Crippen MR) is 125 cm³/mol. The molecule has 1 atom stereocenters. The average molecular weight is 441 g/mol. The number of aliphatic hydroxyl groups is 1. The molecule has 2 aromatic carbocycles. The first-order valence-electron chi connectivity index (χ1n) is 10.6. The van der Waals surface area contributed by atoms with Crippen molar-refractivity contribution in [2.45, 2.75) is 25.8 Å². The Morgan fingerprint density at radius 1 is 1.03 bits per heavy atom. The summed E-state index contributed by atoms with van der Waals surface area (Å²) < 4.78 is 0. The maximum Gasteiger partial charge on any atom is 0.294 e. The number of carbonyl (C=O) groups is 3. The second-order valence-electron chi connectivity index (χ2n) is 7.76. The molecule has 0 bridgehead atoms. The largest absolute Gasteiger partial charge is 0.503 e. The van der Waals surface area contributed by atoms with Gasteiger partial charge in [-0.25, -0.2) is 0 Å². The summed E-state index contributed by atoms with van der Waals surface area (Å²) in [6.45, 7) is 1.39. The Bertz CT molecular complexity index is 1220. The van der Waals surface area contributed by atoms with Crippen LogP contribution >= 0.6 is 0 Å². The van der Waals surface area contributed by atoms with Crippen LogP contribution in [0, 0.1) is 0 Å². The minimum absolute atomic E-state index is 0.0621. The van der Waals surface area contributed by atoms with Gasteiger partial charge >= 0.3 is 0 Å². The maximum absolute atomic E-state index is 13.3. The molecule has 3 aromatic rings. The van der Waals surface area contributed by atoms with Crippen molar-refractivity contribution in [1.82, 2.24) is 4.98 Å². The first kappa shape index (κ1) is 22.0. The van der Waals surface area contributed by atoms with Crippen molar-refractivity contribution in [2.24, 2.45) is 0 Å². The number of aryl methyl sites for hydroxylation is 1. The Labute approximate surface area is 191 Å². The molecule has 166 valence electrons. The minimum atomic E-state index is -0.809. The molecule has 0 saturated heterocycles. The van der Waals surface area contributed by atoms with Crippen LogP contribution in [-0.2, 0) is 20.8 Å². The van der Waals surface area contributed by atoms with Crippen molar-refractivity contribution in [3.8, 4) is 0 Å². The smallest absolute Gasteiger partial charge is 0.294 e. The number of hydrogen-bond donors (Lipinski definition) is 2. The zero-order valence-electron chi connectivity index (χ0n) is 18.1. The van der Waals surface area contributed by atoms with Gasteiger partial charge in [-0.2, -0.15) is 0 Å². The Hall–Kier alpha value is -4.26. The van der Waals surface area contributed by atoms with Gasteiger partial charge in [-0.3, -0.25) is 24.3 Å². The molecule has 1 aliphatic rings. The van der Waals surface area contributed by atoms with Crippen molar-refractivity contribution in [3.05, 3.63) is 102 Å². The highest BCUT2D eigenvalue weighted by molar-refractivity contribution is 6.16. The van der Waals surface area contributed by atoms with Crippen molar-refractivity contribution in [3.63, 3.8) is 0 Å². The summed E-state index contributed by atoms with van der Waals surface area (Å²) in [5, 5.41) is 13.5. The maximum atomic E-state index is 13.3. The van der Waals surface area contributed by atoms with Gasteiger partial charge < -0.3 is 10.4 Å². The van der Waals surface area contributed by atoms with Gasteiger partial charge in [0, 0.05) is 37.1 Å². The van der Waals surface area contributed by atoms with E-state index < -0.39 is 17.7 Å². The summed E-state index contributed by atoms with van der Waals surface area (Å²) in [4.78, 5) is 43.4. The van der Waals surface area contributed by atoms with Crippen molar-refractivity contribution < 1.29 is 19.5 Å². The molecule has 7 nitrogen and oxygen atoms in total. The second kappa shape index (κ2) is 9.48. The summed E-state index contributed by atoms with van der Waals surface area (Å²) in [5.74, 6) is -1.77. The van der Waals surface area contributed by atoms with Gasteiger partial charge in [0.05, 0.1) is 11.6 Å². The Balaban J connectivity index is 1.71. The molecule has 1 aliphatic heterocycles. The number of aromatic nitrogens is 1. The van der Waals surface area contributed by atoms with Gasteiger partial charge in [-0.1, -0.05) is 36.4 Å². The van der Waals surface area contributed by atoms with Crippen LogP contribution in [0.4, 0.5) is 11.4 Å². The van der Waals surface area contributed by atoms with Gasteiger partial charge in [-0.15, -0.1) is 0 Å². The molecule has 2 N–H and O–H groups in total. The molecule has 2 heterocycles. The number of benzene rings is 2. The van der Waals surface area contributed by atoms with Crippen LogP contribution in [0.3, 0.4) is 0 Å². The van der Waals surface area contributed by atoms with E-state index in [0.29, 0.717) is 23.4 Å². The molecule has 1 aromatic heterocycles. The van der Waals surface area contributed by atoms with Crippen LogP contribution in [0.2, 0.25) is 0 Å². The molecule has 0 fully saturated rings. The van der Waals surface area contributed by atoms with E-state index in [1.807, 2.05) is 30.3 Å². The van der Waals surface area contributed by atoms with Crippen molar-refractivity contribution in [1.29, 1.82) is 0 Å². The van der Waals surface area contributed by atoms with Gasteiger partial charge in [0.25, 0.3) is 5.91 Å². The van der Waals surface area contributed by atoms with Crippen molar-refractivity contribution >= 4 is 29.0 Å². The van der Waals surface area contributed by atoms with E-state index in [-0.39, 0.29) is 23.7 Å². The molecule has 0 radical (unpaired) electrons. The number of anilines is 2. The highest BCUT2D eigenvalue weighted by Gasteiger charge is 2.44. The first-order chi connectivity index (χ1) is 16.0. The number of pyridine rings is 1. The zero-order chi connectivity index (χ0) is 23.4. The van der Waals surface area contributed by atoms with Crippen LogP contribution < -0.4 is 10.2 Å². The van der Waals surface area contributed by atoms with E-state index in [4.69, 9.17) is 0 Å². The SMILES string of the molecule is CC(=O)Nc1cccc(N2C(=O)C(O)=C(C(=O)CCc3ccccc3)C2c2ccncc2)c1. The third-order valence-electron chi connectivity index (χ3n) is 5.46. The third kappa shape index (κ3) is 4.67. The summed E-state index contributed by atoms with van der Waals surface area (Å²) in [6.07, 6.45) is 3.80. The molecule has 7 heteroatoms. The van der Waals surface area contributed by atoms with Gasteiger partial charge in [0.2, 0.25) is 5.91 Å². The van der Waals surface area contributed by atoms with E-state index in [1.165, 1.54) is 11.8 Å². The molecule has 2 amide bonds. The van der Waals surface area contributed by atoms with Crippen molar-refractivity contribution in [2.75, 3.05) is 10.2 Å². The van der Waals surface area contributed by atoms with Crippen LogP contribution in [0.25, 0.3) is 0 Å². The number of Topliss-reactive ketones (excluding diaryl/α,β-unsaturated/α-hetero) is 1. The standard InChI is InChI=1S/C26H23N3O4/c1-17(30)28-20-8-5-9-21(16-20)29-24(19-12-14-27-15-13-19)23(25(32)26(29)33)22(31)11-10-18-6-3-2-4-7-18/h2-9,12-16,24,32H,10-11H2,1H3,(H,28,30). The predicted octanol–water partition coefficient (Wildman–Crippen LogP) is 4.14. The number of carbonyl (C=O) groups excluding carboxylic acids is 3. The molecular weight excluding hydrogens is 418 g/mol. The van der Waals surface area contributed by atoms with Gasteiger partial charge in [0.1, 0.15) is 0 Å². The van der Waals surface area contributed by atoms with E-state index in [2.05, 4.69) is 10.3 Å². The lowest BCUT2D eigenvalue weighted by atomic mass is 9.93. The van der Waals surface area contributed by atoms with Crippen LogP contribution in [0.5, 0.6) is 0 Å². The highest BCUT2D eigenvalue weighted by atomic mass is 16.3. The fourth-order valence-electron chi connectivity index (χ4n) is 3.99. The average Bonchev–Trinajstić information content (AvgIpc) is 3.09. The lowest BCUT2D eigenvalue weighted by Crippen LogP contribution is -2.31. The fraction of sp³-hybridized carbons (Fsp3) is 0.154. The van der Waals surface area contributed by atoms with Gasteiger partial charge in [0.15, 0.2) is 11.5 Å². The molecule has 4 rings (SSSR count). The summed E-state index contributed by atoms with van der Waals surface area (Å²) in [6, 6.07) is 18.9. The molecule has 33 heavy (non-hydrogen) atoms. The Kier molecular flexibility index (Phi) is 6.31. The Morgan fingerprint density at radius 3 is 2.45 bits per heavy atom. The number of rotatable bonds is 7. The third-order valence-corrected chi connectivity index (χ3v) is 5.46. The second-order valence-corrected chi connectivity index (χ2v) is 7.76. The molecule has 0 spiro atoms. The molecule has 0 saturated carbocycles. The molecule has 0 aliphatic carbocycles. The number of amides is 2. The van der Waals surface area contributed by atoms with E-state index in [0.717, 1.165) is 5.56 Å². The van der Waals surface area contributed by atoms with E-state index >= 15 is 0 Å². The highest BCUT2D eigenvalue weighted by Crippen LogP contribution is 2.41. The normalized spacial score (nSPS) is 15.6.